The first-order valence-electron chi connectivity index (χ1n) is 4.77. The zero-order valence-corrected chi connectivity index (χ0v) is 7.64. The maximum atomic E-state index is 13.5. The van der Waals surface area contributed by atoms with E-state index in [-0.39, 0.29) is 19.5 Å². The van der Waals surface area contributed by atoms with Crippen molar-refractivity contribution in [2.75, 3.05) is 13.1 Å². The Balaban J connectivity index is 2.25. The van der Waals surface area contributed by atoms with Crippen LogP contribution < -0.4 is 0 Å². The van der Waals surface area contributed by atoms with Crippen LogP contribution in [0.3, 0.4) is 0 Å². The lowest BCUT2D eigenvalue weighted by Crippen LogP contribution is -2.44. The van der Waals surface area contributed by atoms with Crippen LogP contribution in [-0.2, 0) is 0 Å². The van der Waals surface area contributed by atoms with Crippen LogP contribution in [0.25, 0.3) is 0 Å². The van der Waals surface area contributed by atoms with Crippen LogP contribution in [0.15, 0.2) is 0 Å². The molecule has 4 heteroatoms. The second-order valence-corrected chi connectivity index (χ2v) is 4.08. The van der Waals surface area contributed by atoms with Crippen molar-refractivity contribution in [2.24, 2.45) is 0 Å². The number of rotatable bonds is 1. The third-order valence-corrected chi connectivity index (χ3v) is 3.46. The molecule has 76 valence electrons. The van der Waals surface area contributed by atoms with Gasteiger partial charge in [-0.05, 0) is 6.42 Å². The lowest BCUT2D eigenvalue weighted by molar-refractivity contribution is 0.0940. The van der Waals surface area contributed by atoms with E-state index < -0.39 is 24.1 Å². The van der Waals surface area contributed by atoms with Crippen molar-refractivity contribution in [3.63, 3.8) is 0 Å². The molecule has 0 aromatic carbocycles. The van der Waals surface area contributed by atoms with E-state index in [4.69, 9.17) is 0 Å². The molecule has 0 aromatic rings. The van der Waals surface area contributed by atoms with Gasteiger partial charge in [-0.3, -0.25) is 4.90 Å². The molecule has 0 spiro atoms. The molecule has 0 radical (unpaired) electrons. The normalized spacial score (nSPS) is 51.2. The van der Waals surface area contributed by atoms with Gasteiger partial charge < -0.3 is 0 Å². The summed E-state index contributed by atoms with van der Waals surface area (Å²) in [4.78, 5) is 1.65. The van der Waals surface area contributed by atoms with E-state index in [1.807, 2.05) is 0 Å². The van der Waals surface area contributed by atoms with Gasteiger partial charge in [-0.2, -0.15) is 0 Å². The molecule has 0 aliphatic carbocycles. The van der Waals surface area contributed by atoms with Gasteiger partial charge in [-0.1, -0.05) is 6.92 Å². The molecule has 2 saturated heterocycles. The number of nitrogens with zero attached hydrogens (tertiary/aromatic N) is 1. The average molecular weight is 193 g/mol. The zero-order chi connectivity index (χ0) is 9.64. The first-order valence-corrected chi connectivity index (χ1v) is 4.77. The Hall–Kier alpha value is -0.250. The Kier molecular flexibility index (Phi) is 2.06. The molecular weight excluding hydrogens is 179 g/mol. The van der Waals surface area contributed by atoms with E-state index in [2.05, 4.69) is 0 Å². The Morgan fingerprint density at radius 2 is 2.00 bits per heavy atom. The summed E-state index contributed by atoms with van der Waals surface area (Å²) in [5.74, 6) is 0. The maximum Gasteiger partial charge on any atom is 0.151 e. The highest BCUT2D eigenvalue weighted by molar-refractivity contribution is 5.11. The van der Waals surface area contributed by atoms with Gasteiger partial charge in [-0.25, -0.2) is 13.2 Å². The quantitative estimate of drug-likeness (QED) is 0.614. The molecule has 2 heterocycles. The van der Waals surface area contributed by atoms with E-state index in [0.29, 0.717) is 6.42 Å². The SMILES string of the molecule is CC[C@]12C[C@@H](F)CN1C[C@@H](F)[C@H]2F. The molecule has 2 fully saturated rings. The van der Waals surface area contributed by atoms with Crippen molar-refractivity contribution in [1.29, 1.82) is 0 Å². The van der Waals surface area contributed by atoms with Crippen LogP contribution in [0, 0.1) is 0 Å². The van der Waals surface area contributed by atoms with Gasteiger partial charge in [0.05, 0.1) is 5.54 Å². The summed E-state index contributed by atoms with van der Waals surface area (Å²) < 4.78 is 39.6. The van der Waals surface area contributed by atoms with Crippen molar-refractivity contribution in [3.05, 3.63) is 0 Å². The summed E-state index contributed by atoms with van der Waals surface area (Å²) in [5, 5.41) is 0. The van der Waals surface area contributed by atoms with Crippen LogP contribution >= 0.6 is 0 Å². The van der Waals surface area contributed by atoms with Crippen LogP contribution in [0.1, 0.15) is 19.8 Å². The number of alkyl halides is 3. The second-order valence-electron chi connectivity index (χ2n) is 4.08. The van der Waals surface area contributed by atoms with Gasteiger partial charge in [0.1, 0.15) is 12.3 Å². The van der Waals surface area contributed by atoms with Crippen LogP contribution in [0.5, 0.6) is 0 Å². The minimum Gasteiger partial charge on any atom is -0.289 e. The standard InChI is InChI=1S/C9H14F3N/c1-2-9-3-6(10)4-13(9)5-7(11)8(9)12/h6-8H,2-5H2,1H3/t6-,7-,8-,9-/m1/s1. The average Bonchev–Trinajstić information content (AvgIpc) is 2.50. The summed E-state index contributed by atoms with van der Waals surface area (Å²) in [7, 11) is 0. The number of fused-ring (bicyclic) bond motifs is 1. The van der Waals surface area contributed by atoms with Gasteiger partial charge in [0.15, 0.2) is 6.17 Å². The minimum atomic E-state index is -1.50. The maximum absolute atomic E-state index is 13.5. The highest BCUT2D eigenvalue weighted by Gasteiger charge is 2.58. The Labute approximate surface area is 75.9 Å². The fourth-order valence-electron chi connectivity index (χ4n) is 2.74. The van der Waals surface area contributed by atoms with Crippen molar-refractivity contribution >= 4 is 0 Å². The fourth-order valence-corrected chi connectivity index (χ4v) is 2.74. The summed E-state index contributed by atoms with van der Waals surface area (Å²) in [6.07, 6.45) is -3.25. The third kappa shape index (κ3) is 1.11. The molecule has 0 N–H and O–H groups in total. The van der Waals surface area contributed by atoms with Gasteiger partial charge in [0.2, 0.25) is 0 Å². The molecule has 4 atom stereocenters. The molecule has 0 amide bonds. The van der Waals surface area contributed by atoms with Crippen LogP contribution in [-0.4, -0.2) is 42.0 Å². The number of hydrogen-bond acceptors (Lipinski definition) is 1. The summed E-state index contributed by atoms with van der Waals surface area (Å²) >= 11 is 0. The lowest BCUT2D eigenvalue weighted by Gasteiger charge is -2.31. The monoisotopic (exact) mass is 193 g/mol. The summed E-state index contributed by atoms with van der Waals surface area (Å²) in [6.45, 7) is 2.07. The van der Waals surface area contributed by atoms with Crippen molar-refractivity contribution < 1.29 is 13.2 Å². The topological polar surface area (TPSA) is 3.24 Å². The molecule has 0 saturated carbocycles. The van der Waals surface area contributed by atoms with E-state index in [0.717, 1.165) is 0 Å². The molecule has 1 nitrogen and oxygen atoms in total. The molecule has 0 unspecified atom stereocenters. The molecule has 2 rings (SSSR count). The lowest BCUT2D eigenvalue weighted by atomic mass is 9.89. The van der Waals surface area contributed by atoms with E-state index >= 15 is 0 Å². The first-order chi connectivity index (χ1) is 6.10. The molecule has 0 bridgehead atoms. The number of hydrogen-bond donors (Lipinski definition) is 0. The van der Waals surface area contributed by atoms with Crippen molar-refractivity contribution in [2.45, 2.75) is 43.8 Å². The summed E-state index contributed by atoms with van der Waals surface area (Å²) in [6, 6.07) is 0. The minimum absolute atomic E-state index is 0.0649. The third-order valence-electron chi connectivity index (χ3n) is 3.46. The van der Waals surface area contributed by atoms with E-state index in [9.17, 15) is 13.2 Å². The molecule has 2 aliphatic rings. The zero-order valence-electron chi connectivity index (χ0n) is 7.64. The summed E-state index contributed by atoms with van der Waals surface area (Å²) in [5.41, 5.74) is -0.834. The highest BCUT2D eigenvalue weighted by Crippen LogP contribution is 2.44. The van der Waals surface area contributed by atoms with Gasteiger partial charge in [0, 0.05) is 19.5 Å². The Morgan fingerprint density at radius 3 is 2.54 bits per heavy atom. The van der Waals surface area contributed by atoms with Crippen molar-refractivity contribution in [3.8, 4) is 0 Å². The van der Waals surface area contributed by atoms with Crippen LogP contribution in [0.2, 0.25) is 0 Å². The predicted octanol–water partition coefficient (Wildman–Crippen LogP) is 1.87. The Bertz CT molecular complexity index is 211. The highest BCUT2D eigenvalue weighted by atomic mass is 19.2. The number of halogens is 3. The molecular formula is C9H14F3N. The smallest absolute Gasteiger partial charge is 0.151 e. The first kappa shape index (κ1) is 9.31. The van der Waals surface area contributed by atoms with Gasteiger partial charge in [0.25, 0.3) is 0 Å². The molecule has 0 aromatic heterocycles. The predicted molar refractivity (Wildman–Crippen MR) is 43.9 cm³/mol. The molecule has 2 aliphatic heterocycles. The Morgan fingerprint density at radius 1 is 1.31 bits per heavy atom. The van der Waals surface area contributed by atoms with E-state index in [1.54, 1.807) is 11.8 Å². The van der Waals surface area contributed by atoms with Gasteiger partial charge in [-0.15, -0.1) is 0 Å². The molecule has 13 heavy (non-hydrogen) atoms. The van der Waals surface area contributed by atoms with Gasteiger partial charge >= 0.3 is 0 Å². The fraction of sp³-hybridized carbons (Fsp3) is 1.00. The van der Waals surface area contributed by atoms with Crippen LogP contribution in [0.4, 0.5) is 13.2 Å². The largest absolute Gasteiger partial charge is 0.289 e. The van der Waals surface area contributed by atoms with Crippen molar-refractivity contribution in [1.82, 2.24) is 4.90 Å². The van der Waals surface area contributed by atoms with E-state index in [1.165, 1.54) is 0 Å². The second kappa shape index (κ2) is 2.87.